The van der Waals surface area contributed by atoms with Gasteiger partial charge < -0.3 is 5.73 Å². The highest BCUT2D eigenvalue weighted by molar-refractivity contribution is 5.86. The minimum absolute atomic E-state index is 0.170. The van der Waals surface area contributed by atoms with Crippen LogP contribution in [0, 0.1) is 29.6 Å². The molecule has 3 aliphatic carbocycles. The number of allylic oxidation sites excluding steroid dienone is 3. The van der Waals surface area contributed by atoms with Crippen LogP contribution in [0.15, 0.2) is 23.9 Å². The van der Waals surface area contributed by atoms with Crippen molar-refractivity contribution in [1.82, 2.24) is 0 Å². The SMILES string of the molecule is NC1=CC2C3CC(C(=O)C(F)(F)F)CC(C3)C2C=C1. The zero-order valence-electron chi connectivity index (χ0n) is 10.4. The third-order valence-corrected chi connectivity index (χ3v) is 4.86. The van der Waals surface area contributed by atoms with Crippen molar-refractivity contribution in [1.29, 1.82) is 0 Å². The summed E-state index contributed by atoms with van der Waals surface area (Å²) in [6.45, 7) is 0. The van der Waals surface area contributed by atoms with Crippen molar-refractivity contribution in [2.45, 2.75) is 25.4 Å². The molecule has 2 nitrogen and oxygen atoms in total. The summed E-state index contributed by atoms with van der Waals surface area (Å²) >= 11 is 0. The molecule has 0 aromatic heterocycles. The number of alkyl halides is 3. The molecule has 2 bridgehead atoms. The van der Waals surface area contributed by atoms with E-state index in [0.29, 0.717) is 18.5 Å². The van der Waals surface area contributed by atoms with E-state index in [-0.39, 0.29) is 23.7 Å². The second-order valence-electron chi connectivity index (χ2n) is 5.97. The molecule has 3 rings (SSSR count). The second-order valence-corrected chi connectivity index (χ2v) is 5.97. The van der Waals surface area contributed by atoms with Crippen molar-refractivity contribution in [2.75, 3.05) is 0 Å². The Hall–Kier alpha value is -1.26. The predicted molar refractivity (Wildman–Crippen MR) is 63.8 cm³/mol. The van der Waals surface area contributed by atoms with Crippen LogP contribution in [-0.4, -0.2) is 12.0 Å². The van der Waals surface area contributed by atoms with Gasteiger partial charge in [-0.1, -0.05) is 12.2 Å². The molecule has 0 saturated heterocycles. The van der Waals surface area contributed by atoms with Gasteiger partial charge in [-0.2, -0.15) is 13.2 Å². The fraction of sp³-hybridized carbons (Fsp3) is 0.643. The molecule has 0 spiro atoms. The smallest absolute Gasteiger partial charge is 0.399 e. The van der Waals surface area contributed by atoms with Crippen molar-refractivity contribution in [3.05, 3.63) is 23.9 Å². The first-order valence-corrected chi connectivity index (χ1v) is 6.63. The molecule has 0 aromatic rings. The van der Waals surface area contributed by atoms with Gasteiger partial charge in [-0.05, 0) is 49.0 Å². The highest BCUT2D eigenvalue weighted by Gasteiger charge is 2.52. The number of hydrogen-bond donors (Lipinski definition) is 1. The number of rotatable bonds is 1. The van der Waals surface area contributed by atoms with Crippen LogP contribution >= 0.6 is 0 Å². The molecule has 0 amide bonds. The fourth-order valence-corrected chi connectivity index (χ4v) is 4.14. The van der Waals surface area contributed by atoms with Gasteiger partial charge in [0, 0.05) is 11.6 Å². The standard InChI is InChI=1S/C14H16F3NO/c15-14(16,17)13(19)9-4-7-3-8(5-9)12-6-10(18)1-2-11(7)12/h1-2,6-9,11-12H,3-5,18H2. The van der Waals surface area contributed by atoms with Crippen molar-refractivity contribution < 1.29 is 18.0 Å². The minimum Gasteiger partial charge on any atom is -0.399 e. The normalized spacial score (nSPS) is 40.8. The molecule has 0 aliphatic heterocycles. The molecule has 0 aromatic carbocycles. The maximum Gasteiger partial charge on any atom is 0.450 e. The topological polar surface area (TPSA) is 43.1 Å². The Bertz CT molecular complexity index is 466. The number of ketones is 1. The molecular weight excluding hydrogens is 255 g/mol. The largest absolute Gasteiger partial charge is 0.450 e. The Labute approximate surface area is 109 Å². The summed E-state index contributed by atoms with van der Waals surface area (Å²) in [5.74, 6) is -1.53. The Morgan fingerprint density at radius 3 is 2.42 bits per heavy atom. The molecule has 2 fully saturated rings. The molecule has 2 saturated carbocycles. The minimum atomic E-state index is -4.70. The highest BCUT2D eigenvalue weighted by Crippen LogP contribution is 2.54. The lowest BCUT2D eigenvalue weighted by Gasteiger charge is -2.28. The Balaban J connectivity index is 1.81. The van der Waals surface area contributed by atoms with E-state index in [9.17, 15) is 18.0 Å². The molecule has 0 radical (unpaired) electrons. The maximum absolute atomic E-state index is 12.5. The van der Waals surface area contributed by atoms with E-state index < -0.39 is 17.9 Å². The molecule has 104 valence electrons. The van der Waals surface area contributed by atoms with Crippen LogP contribution in [-0.2, 0) is 4.79 Å². The van der Waals surface area contributed by atoms with E-state index >= 15 is 0 Å². The number of nitrogens with two attached hydrogens (primary N) is 1. The monoisotopic (exact) mass is 271 g/mol. The van der Waals surface area contributed by atoms with Crippen LogP contribution < -0.4 is 5.73 Å². The van der Waals surface area contributed by atoms with Gasteiger partial charge in [0.1, 0.15) is 0 Å². The van der Waals surface area contributed by atoms with E-state index in [1.807, 2.05) is 18.2 Å². The van der Waals surface area contributed by atoms with Crippen LogP contribution in [0.25, 0.3) is 0 Å². The van der Waals surface area contributed by atoms with Gasteiger partial charge >= 0.3 is 6.18 Å². The molecule has 19 heavy (non-hydrogen) atoms. The van der Waals surface area contributed by atoms with Gasteiger partial charge in [0.2, 0.25) is 5.78 Å². The average molecular weight is 271 g/mol. The first-order valence-electron chi connectivity index (χ1n) is 6.63. The van der Waals surface area contributed by atoms with E-state index in [0.717, 1.165) is 6.42 Å². The lowest BCUT2D eigenvalue weighted by atomic mass is 9.77. The van der Waals surface area contributed by atoms with Gasteiger partial charge in [0.25, 0.3) is 0 Å². The number of hydrogen-bond acceptors (Lipinski definition) is 2. The molecular formula is C14H16F3NO. The molecule has 5 heteroatoms. The molecule has 2 N–H and O–H groups in total. The number of carbonyl (C=O) groups is 1. The molecule has 5 atom stereocenters. The summed E-state index contributed by atoms with van der Waals surface area (Å²) in [6, 6.07) is 0. The predicted octanol–water partition coefficient (Wildman–Crippen LogP) is 2.81. The molecule has 5 unspecified atom stereocenters. The zero-order valence-corrected chi connectivity index (χ0v) is 10.4. The van der Waals surface area contributed by atoms with Gasteiger partial charge in [-0.15, -0.1) is 0 Å². The highest BCUT2D eigenvalue weighted by atomic mass is 19.4. The van der Waals surface area contributed by atoms with Crippen LogP contribution in [0.1, 0.15) is 19.3 Å². The Morgan fingerprint density at radius 1 is 1.16 bits per heavy atom. The Kier molecular flexibility index (Phi) is 2.76. The number of Topliss-reactive ketones (excluding diaryl/α,β-unsaturated/α-hetero) is 1. The average Bonchev–Trinajstić information content (AvgIpc) is 2.59. The maximum atomic E-state index is 12.5. The first kappa shape index (κ1) is 12.8. The van der Waals surface area contributed by atoms with Gasteiger partial charge in [-0.3, -0.25) is 4.79 Å². The van der Waals surface area contributed by atoms with Crippen LogP contribution in [0.2, 0.25) is 0 Å². The zero-order chi connectivity index (χ0) is 13.8. The van der Waals surface area contributed by atoms with Crippen molar-refractivity contribution >= 4 is 5.78 Å². The third kappa shape index (κ3) is 2.09. The quantitative estimate of drug-likeness (QED) is 0.797. The number of carbonyl (C=O) groups excluding carboxylic acids is 1. The summed E-state index contributed by atoms with van der Waals surface area (Å²) in [4.78, 5) is 11.4. The molecule has 0 heterocycles. The van der Waals surface area contributed by atoms with E-state index in [4.69, 9.17) is 5.73 Å². The van der Waals surface area contributed by atoms with Crippen LogP contribution in [0.5, 0.6) is 0 Å². The van der Waals surface area contributed by atoms with E-state index in [1.165, 1.54) is 0 Å². The van der Waals surface area contributed by atoms with Crippen molar-refractivity contribution in [3.63, 3.8) is 0 Å². The van der Waals surface area contributed by atoms with E-state index in [2.05, 4.69) is 0 Å². The summed E-state index contributed by atoms with van der Waals surface area (Å²) in [5.41, 5.74) is 6.45. The summed E-state index contributed by atoms with van der Waals surface area (Å²) < 4.78 is 37.6. The fourth-order valence-electron chi connectivity index (χ4n) is 4.14. The summed E-state index contributed by atoms with van der Waals surface area (Å²) in [5, 5.41) is 0. The Morgan fingerprint density at radius 2 is 1.79 bits per heavy atom. The third-order valence-electron chi connectivity index (χ3n) is 4.86. The van der Waals surface area contributed by atoms with Crippen molar-refractivity contribution in [2.24, 2.45) is 35.3 Å². The van der Waals surface area contributed by atoms with Gasteiger partial charge in [-0.25, -0.2) is 0 Å². The van der Waals surface area contributed by atoms with Gasteiger partial charge in [0.05, 0.1) is 0 Å². The number of halogens is 3. The summed E-state index contributed by atoms with van der Waals surface area (Å²) in [6.07, 6.45) is 2.77. The number of fused-ring (bicyclic) bond motifs is 5. The first-order chi connectivity index (χ1) is 8.86. The van der Waals surface area contributed by atoms with E-state index in [1.54, 1.807) is 0 Å². The second kappa shape index (κ2) is 4.12. The molecule has 3 aliphatic rings. The van der Waals surface area contributed by atoms with Crippen molar-refractivity contribution in [3.8, 4) is 0 Å². The summed E-state index contributed by atoms with van der Waals surface area (Å²) in [7, 11) is 0. The van der Waals surface area contributed by atoms with Crippen LogP contribution in [0.3, 0.4) is 0 Å². The lowest BCUT2D eigenvalue weighted by molar-refractivity contribution is -0.177. The van der Waals surface area contributed by atoms with Crippen LogP contribution in [0.4, 0.5) is 13.2 Å². The lowest BCUT2D eigenvalue weighted by Crippen LogP contribution is -2.34. The van der Waals surface area contributed by atoms with Gasteiger partial charge in [0.15, 0.2) is 0 Å².